The molecule has 2 aromatic heterocycles. The first-order valence-corrected chi connectivity index (χ1v) is 6.19. The van der Waals surface area contributed by atoms with Crippen molar-refractivity contribution in [2.24, 2.45) is 7.05 Å². The molecular formula is C14H13FN2O2. The summed E-state index contributed by atoms with van der Waals surface area (Å²) in [4.78, 5) is 12.5. The van der Waals surface area contributed by atoms with Crippen molar-refractivity contribution in [3.8, 4) is 0 Å². The molecular weight excluding hydrogens is 247 g/mol. The maximum Gasteiger partial charge on any atom is 0.229 e. The molecule has 0 amide bonds. The van der Waals surface area contributed by atoms with Crippen molar-refractivity contribution in [3.05, 3.63) is 39.9 Å². The molecule has 0 fully saturated rings. The topological polar surface area (TPSA) is 48.0 Å². The molecule has 0 spiro atoms. The van der Waals surface area contributed by atoms with Crippen LogP contribution in [0, 0.1) is 5.82 Å². The smallest absolute Gasteiger partial charge is 0.229 e. The third-order valence-electron chi connectivity index (χ3n) is 3.17. The molecule has 0 saturated heterocycles. The van der Waals surface area contributed by atoms with E-state index in [0.29, 0.717) is 28.8 Å². The number of aryl methyl sites for hydroxylation is 2. The Labute approximate surface area is 108 Å². The number of benzene rings is 1. The van der Waals surface area contributed by atoms with Gasteiger partial charge in [-0.1, -0.05) is 13.3 Å². The number of nitrogens with zero attached hydrogens (tertiary/aromatic N) is 2. The second-order valence-corrected chi connectivity index (χ2v) is 4.57. The van der Waals surface area contributed by atoms with Crippen LogP contribution >= 0.6 is 0 Å². The zero-order valence-corrected chi connectivity index (χ0v) is 10.7. The minimum Gasteiger partial charge on any atom is -0.438 e. The highest BCUT2D eigenvalue weighted by atomic mass is 19.1. The van der Waals surface area contributed by atoms with Crippen molar-refractivity contribution in [1.29, 1.82) is 0 Å². The van der Waals surface area contributed by atoms with Gasteiger partial charge >= 0.3 is 0 Å². The van der Waals surface area contributed by atoms with Gasteiger partial charge in [0.15, 0.2) is 0 Å². The summed E-state index contributed by atoms with van der Waals surface area (Å²) in [6.45, 7) is 2.02. The first kappa shape index (κ1) is 11.9. The molecule has 0 aliphatic carbocycles. The lowest BCUT2D eigenvalue weighted by atomic mass is 10.1. The van der Waals surface area contributed by atoms with Crippen LogP contribution in [-0.4, -0.2) is 9.78 Å². The van der Waals surface area contributed by atoms with E-state index in [1.54, 1.807) is 11.7 Å². The summed E-state index contributed by atoms with van der Waals surface area (Å²) in [5.74, 6) is -0.444. The largest absolute Gasteiger partial charge is 0.438 e. The normalized spacial score (nSPS) is 11.5. The van der Waals surface area contributed by atoms with E-state index in [2.05, 4.69) is 5.10 Å². The molecule has 0 atom stereocenters. The van der Waals surface area contributed by atoms with E-state index >= 15 is 0 Å². The van der Waals surface area contributed by atoms with Gasteiger partial charge in [-0.25, -0.2) is 9.07 Å². The average Bonchev–Trinajstić information content (AvgIpc) is 2.68. The standard InChI is InChI=1S/C14H13FN2O2/c1-3-4-10-12-13(18)9-7-8(15)5-6-11(9)19-14(12)17(2)16-10/h5-7H,3-4H2,1-2H3. The predicted octanol–water partition coefficient (Wildman–Crippen LogP) is 2.77. The third kappa shape index (κ3) is 1.73. The Bertz CT molecular complexity index is 833. The maximum absolute atomic E-state index is 13.3. The Balaban J connectivity index is 2.49. The summed E-state index contributed by atoms with van der Waals surface area (Å²) in [5, 5.41) is 5.04. The molecule has 98 valence electrons. The molecule has 3 aromatic rings. The minimum absolute atomic E-state index is 0.215. The number of rotatable bonds is 2. The molecule has 2 heterocycles. The fourth-order valence-corrected chi connectivity index (χ4v) is 2.33. The Morgan fingerprint density at radius 1 is 1.42 bits per heavy atom. The lowest BCUT2D eigenvalue weighted by molar-refractivity contribution is 0.594. The number of fused-ring (bicyclic) bond motifs is 2. The second-order valence-electron chi connectivity index (χ2n) is 4.57. The molecule has 0 aliphatic rings. The third-order valence-corrected chi connectivity index (χ3v) is 3.17. The molecule has 0 aliphatic heterocycles. The summed E-state index contributed by atoms with van der Waals surface area (Å²) in [5.41, 5.74) is 1.31. The molecule has 5 heteroatoms. The first-order valence-electron chi connectivity index (χ1n) is 6.19. The van der Waals surface area contributed by atoms with Gasteiger partial charge in [0.05, 0.1) is 11.1 Å². The molecule has 19 heavy (non-hydrogen) atoms. The van der Waals surface area contributed by atoms with E-state index < -0.39 is 5.82 Å². The summed E-state index contributed by atoms with van der Waals surface area (Å²) >= 11 is 0. The van der Waals surface area contributed by atoms with Crippen LogP contribution < -0.4 is 5.43 Å². The summed E-state index contributed by atoms with van der Waals surface area (Å²) in [6.07, 6.45) is 1.58. The second kappa shape index (κ2) is 4.19. The van der Waals surface area contributed by atoms with Crippen LogP contribution in [0.1, 0.15) is 19.0 Å². The van der Waals surface area contributed by atoms with Gasteiger partial charge < -0.3 is 4.42 Å². The average molecular weight is 260 g/mol. The molecule has 1 aromatic carbocycles. The van der Waals surface area contributed by atoms with Crippen molar-refractivity contribution >= 4 is 22.1 Å². The van der Waals surface area contributed by atoms with E-state index in [-0.39, 0.29) is 10.8 Å². The Morgan fingerprint density at radius 2 is 2.21 bits per heavy atom. The molecule has 0 N–H and O–H groups in total. The van der Waals surface area contributed by atoms with Crippen LogP contribution in [-0.2, 0) is 13.5 Å². The molecule has 0 unspecified atom stereocenters. The summed E-state index contributed by atoms with van der Waals surface area (Å²) in [6, 6.07) is 3.96. The number of hydrogen-bond acceptors (Lipinski definition) is 3. The van der Waals surface area contributed by atoms with Crippen molar-refractivity contribution in [3.63, 3.8) is 0 Å². The number of hydrogen-bond donors (Lipinski definition) is 0. The van der Waals surface area contributed by atoms with E-state index in [0.717, 1.165) is 6.42 Å². The van der Waals surface area contributed by atoms with Gasteiger partial charge in [-0.3, -0.25) is 4.79 Å². The highest BCUT2D eigenvalue weighted by Gasteiger charge is 2.16. The molecule has 3 rings (SSSR count). The zero-order valence-electron chi connectivity index (χ0n) is 10.7. The molecule has 0 radical (unpaired) electrons. The monoisotopic (exact) mass is 260 g/mol. The Hall–Kier alpha value is -2.17. The number of aromatic nitrogens is 2. The highest BCUT2D eigenvalue weighted by molar-refractivity contribution is 5.89. The Morgan fingerprint density at radius 3 is 2.95 bits per heavy atom. The van der Waals surface area contributed by atoms with Gasteiger partial charge in [-0.15, -0.1) is 0 Å². The quantitative estimate of drug-likeness (QED) is 0.711. The van der Waals surface area contributed by atoms with Crippen molar-refractivity contribution < 1.29 is 8.81 Å². The van der Waals surface area contributed by atoms with Crippen LogP contribution in [0.2, 0.25) is 0 Å². The minimum atomic E-state index is -0.444. The van der Waals surface area contributed by atoms with Gasteiger partial charge in [0.1, 0.15) is 16.8 Å². The van der Waals surface area contributed by atoms with Crippen molar-refractivity contribution in [2.75, 3.05) is 0 Å². The van der Waals surface area contributed by atoms with E-state index in [9.17, 15) is 9.18 Å². The van der Waals surface area contributed by atoms with Crippen molar-refractivity contribution in [2.45, 2.75) is 19.8 Å². The lowest BCUT2D eigenvalue weighted by Crippen LogP contribution is -2.04. The maximum atomic E-state index is 13.3. The fourth-order valence-electron chi connectivity index (χ4n) is 2.33. The molecule has 4 nitrogen and oxygen atoms in total. The first-order chi connectivity index (χ1) is 9.11. The fraction of sp³-hybridized carbons (Fsp3) is 0.286. The van der Waals surface area contributed by atoms with E-state index in [4.69, 9.17) is 4.42 Å². The summed E-state index contributed by atoms with van der Waals surface area (Å²) in [7, 11) is 1.74. The lowest BCUT2D eigenvalue weighted by Gasteiger charge is -1.99. The SMILES string of the molecule is CCCc1nn(C)c2oc3ccc(F)cc3c(=O)c12. The summed E-state index contributed by atoms with van der Waals surface area (Å²) < 4.78 is 20.5. The van der Waals surface area contributed by atoms with Crippen LogP contribution in [0.5, 0.6) is 0 Å². The van der Waals surface area contributed by atoms with E-state index in [1.807, 2.05) is 6.92 Å². The number of halogens is 1. The van der Waals surface area contributed by atoms with Gasteiger partial charge in [0.2, 0.25) is 11.1 Å². The van der Waals surface area contributed by atoms with Gasteiger partial charge in [-0.05, 0) is 24.6 Å². The van der Waals surface area contributed by atoms with Gasteiger partial charge in [0, 0.05) is 7.05 Å². The highest BCUT2D eigenvalue weighted by Crippen LogP contribution is 2.22. The van der Waals surface area contributed by atoms with Crippen molar-refractivity contribution in [1.82, 2.24) is 9.78 Å². The van der Waals surface area contributed by atoms with Gasteiger partial charge in [-0.2, -0.15) is 5.10 Å². The molecule has 0 saturated carbocycles. The van der Waals surface area contributed by atoms with Crippen LogP contribution in [0.15, 0.2) is 27.4 Å². The van der Waals surface area contributed by atoms with Crippen LogP contribution in [0.25, 0.3) is 22.1 Å². The van der Waals surface area contributed by atoms with Crippen LogP contribution in [0.4, 0.5) is 4.39 Å². The zero-order chi connectivity index (χ0) is 13.6. The predicted molar refractivity (Wildman–Crippen MR) is 70.7 cm³/mol. The van der Waals surface area contributed by atoms with Crippen LogP contribution in [0.3, 0.4) is 0 Å². The molecule has 0 bridgehead atoms. The van der Waals surface area contributed by atoms with Gasteiger partial charge in [0.25, 0.3) is 0 Å². The van der Waals surface area contributed by atoms with E-state index in [1.165, 1.54) is 18.2 Å². The Kier molecular flexibility index (Phi) is 2.62.